The lowest BCUT2D eigenvalue weighted by molar-refractivity contribution is 0.0705. The second kappa shape index (κ2) is 5.82. The molecule has 1 aliphatic heterocycles. The molecule has 0 saturated carbocycles. The third-order valence-electron chi connectivity index (χ3n) is 4.25. The zero-order valence-electron chi connectivity index (χ0n) is 12.6. The van der Waals surface area contributed by atoms with Gasteiger partial charge in [0.25, 0.3) is 5.91 Å². The number of hydrogen-bond donors (Lipinski definition) is 1. The number of aromatic nitrogens is 1. The molecule has 0 radical (unpaired) electrons. The monoisotopic (exact) mass is 283 g/mol. The first-order valence-electron chi connectivity index (χ1n) is 7.51. The van der Waals surface area contributed by atoms with Crippen LogP contribution in [-0.2, 0) is 0 Å². The normalized spacial score (nSPS) is 16.1. The van der Waals surface area contributed by atoms with Crippen molar-refractivity contribution in [3.63, 3.8) is 0 Å². The molecular weight excluding hydrogens is 262 g/mol. The minimum absolute atomic E-state index is 0.101. The van der Waals surface area contributed by atoms with Crippen LogP contribution in [0.5, 0.6) is 0 Å². The number of nitrogens with zero attached hydrogens (tertiary/aromatic N) is 2. The molecule has 1 amide bonds. The summed E-state index contributed by atoms with van der Waals surface area (Å²) in [6, 6.07) is 10.1. The average molecular weight is 283 g/mol. The lowest BCUT2D eigenvalue weighted by Crippen LogP contribution is -2.44. The van der Waals surface area contributed by atoms with Crippen molar-refractivity contribution in [3.05, 3.63) is 41.6 Å². The first-order valence-corrected chi connectivity index (χ1v) is 7.51. The van der Waals surface area contributed by atoms with Crippen LogP contribution in [0.3, 0.4) is 0 Å². The van der Waals surface area contributed by atoms with Gasteiger partial charge < -0.3 is 10.2 Å². The Kier molecular flexibility index (Phi) is 3.88. The van der Waals surface area contributed by atoms with Gasteiger partial charge in [-0.1, -0.05) is 18.2 Å². The molecule has 110 valence electrons. The molecular formula is C17H21N3O. The molecule has 1 N–H and O–H groups in total. The number of carbonyl (C=O) groups is 1. The van der Waals surface area contributed by atoms with E-state index in [0.29, 0.717) is 6.04 Å². The fraction of sp³-hybridized carbons (Fsp3) is 0.412. The standard InChI is InChI=1S/C17H21N3O/c1-12-11-15(14-5-3-4-6-16(14)19-12)17(21)20(2)13-7-9-18-10-8-13/h3-6,11,13,18H,7-10H2,1-2H3. The number of hydrogen-bond acceptors (Lipinski definition) is 3. The zero-order chi connectivity index (χ0) is 14.8. The fourth-order valence-electron chi connectivity index (χ4n) is 3.03. The van der Waals surface area contributed by atoms with Gasteiger partial charge in [-0.2, -0.15) is 0 Å². The van der Waals surface area contributed by atoms with Crippen molar-refractivity contribution in [2.45, 2.75) is 25.8 Å². The second-order valence-electron chi connectivity index (χ2n) is 5.73. The number of rotatable bonds is 2. The Morgan fingerprint density at radius 2 is 2.00 bits per heavy atom. The highest BCUT2D eigenvalue weighted by Gasteiger charge is 2.24. The first kappa shape index (κ1) is 14.0. The number of benzene rings is 1. The maximum Gasteiger partial charge on any atom is 0.254 e. The summed E-state index contributed by atoms with van der Waals surface area (Å²) in [5, 5.41) is 4.28. The summed E-state index contributed by atoms with van der Waals surface area (Å²) >= 11 is 0. The Labute approximate surface area is 125 Å². The van der Waals surface area contributed by atoms with Gasteiger partial charge in [0.15, 0.2) is 0 Å². The van der Waals surface area contributed by atoms with Gasteiger partial charge in [-0.15, -0.1) is 0 Å². The highest BCUT2D eigenvalue weighted by atomic mass is 16.2. The Hall–Kier alpha value is -1.94. The largest absolute Gasteiger partial charge is 0.339 e. The van der Waals surface area contributed by atoms with Crippen LogP contribution in [0.25, 0.3) is 10.9 Å². The first-order chi connectivity index (χ1) is 10.2. The van der Waals surface area contributed by atoms with E-state index in [-0.39, 0.29) is 5.91 Å². The zero-order valence-corrected chi connectivity index (χ0v) is 12.6. The molecule has 0 unspecified atom stereocenters. The van der Waals surface area contributed by atoms with Gasteiger partial charge in [0.2, 0.25) is 0 Å². The molecule has 4 heteroatoms. The number of nitrogens with one attached hydrogen (secondary N) is 1. The Morgan fingerprint density at radius 3 is 2.76 bits per heavy atom. The Balaban J connectivity index is 1.97. The molecule has 1 aromatic heterocycles. The summed E-state index contributed by atoms with van der Waals surface area (Å²) < 4.78 is 0. The van der Waals surface area contributed by atoms with E-state index in [2.05, 4.69) is 10.3 Å². The summed E-state index contributed by atoms with van der Waals surface area (Å²) in [6.45, 7) is 3.91. The minimum Gasteiger partial charge on any atom is -0.339 e. The maximum absolute atomic E-state index is 12.9. The summed E-state index contributed by atoms with van der Waals surface area (Å²) in [7, 11) is 1.92. The molecule has 0 atom stereocenters. The fourth-order valence-corrected chi connectivity index (χ4v) is 3.03. The maximum atomic E-state index is 12.9. The van der Waals surface area contributed by atoms with Gasteiger partial charge in [-0.25, -0.2) is 0 Å². The molecule has 0 spiro atoms. The minimum atomic E-state index is 0.101. The number of fused-ring (bicyclic) bond motifs is 1. The molecule has 1 saturated heterocycles. The van der Waals surface area contributed by atoms with E-state index in [1.165, 1.54) is 0 Å². The molecule has 0 bridgehead atoms. The molecule has 1 aliphatic rings. The van der Waals surface area contributed by atoms with Crippen LogP contribution < -0.4 is 5.32 Å². The third kappa shape index (κ3) is 2.76. The van der Waals surface area contributed by atoms with Gasteiger partial charge >= 0.3 is 0 Å². The molecule has 1 aromatic carbocycles. The number of amides is 1. The quantitative estimate of drug-likeness (QED) is 0.920. The predicted octanol–water partition coefficient (Wildman–Crippen LogP) is 2.37. The van der Waals surface area contributed by atoms with Gasteiger partial charge in [-0.3, -0.25) is 9.78 Å². The lowest BCUT2D eigenvalue weighted by atomic mass is 10.0. The number of pyridine rings is 1. The van der Waals surface area contributed by atoms with Crippen molar-refractivity contribution < 1.29 is 4.79 Å². The van der Waals surface area contributed by atoms with Gasteiger partial charge in [0, 0.05) is 24.2 Å². The van der Waals surface area contributed by atoms with E-state index in [9.17, 15) is 4.79 Å². The average Bonchev–Trinajstić information content (AvgIpc) is 2.53. The third-order valence-corrected chi connectivity index (χ3v) is 4.25. The molecule has 2 aromatic rings. The van der Waals surface area contributed by atoms with Gasteiger partial charge in [-0.05, 0) is 45.0 Å². The molecule has 21 heavy (non-hydrogen) atoms. The predicted molar refractivity (Wildman–Crippen MR) is 84.5 cm³/mol. The van der Waals surface area contributed by atoms with Crippen LogP contribution >= 0.6 is 0 Å². The van der Waals surface area contributed by atoms with Crippen molar-refractivity contribution in [1.82, 2.24) is 15.2 Å². The SMILES string of the molecule is Cc1cc(C(=O)N(C)C2CCNCC2)c2ccccc2n1. The van der Waals surface area contributed by atoms with Crippen LogP contribution in [-0.4, -0.2) is 42.0 Å². The lowest BCUT2D eigenvalue weighted by Gasteiger charge is -2.32. The number of para-hydroxylation sites is 1. The van der Waals surface area contributed by atoms with Crippen molar-refractivity contribution in [2.24, 2.45) is 0 Å². The van der Waals surface area contributed by atoms with E-state index >= 15 is 0 Å². The van der Waals surface area contributed by atoms with Gasteiger partial charge in [0.05, 0.1) is 11.1 Å². The smallest absolute Gasteiger partial charge is 0.254 e. The van der Waals surface area contributed by atoms with Crippen molar-refractivity contribution in [2.75, 3.05) is 20.1 Å². The number of piperidine rings is 1. The van der Waals surface area contributed by atoms with Crippen LogP contribution in [0.1, 0.15) is 28.9 Å². The molecule has 0 aliphatic carbocycles. The molecule has 1 fully saturated rings. The van der Waals surface area contributed by atoms with Gasteiger partial charge in [0.1, 0.15) is 0 Å². The van der Waals surface area contributed by atoms with Crippen molar-refractivity contribution in [1.29, 1.82) is 0 Å². The Bertz CT molecular complexity index is 662. The Morgan fingerprint density at radius 1 is 1.29 bits per heavy atom. The number of aryl methyl sites for hydroxylation is 1. The van der Waals surface area contributed by atoms with Crippen molar-refractivity contribution >= 4 is 16.8 Å². The van der Waals surface area contributed by atoms with Crippen molar-refractivity contribution in [3.8, 4) is 0 Å². The van der Waals surface area contributed by atoms with E-state index in [1.54, 1.807) is 0 Å². The molecule has 3 rings (SSSR count). The van der Waals surface area contributed by atoms with E-state index in [1.807, 2.05) is 49.2 Å². The molecule has 4 nitrogen and oxygen atoms in total. The summed E-state index contributed by atoms with van der Waals surface area (Å²) in [5.74, 6) is 0.101. The molecule has 2 heterocycles. The van der Waals surface area contributed by atoms with Crippen LogP contribution in [0.4, 0.5) is 0 Å². The number of carbonyl (C=O) groups excluding carboxylic acids is 1. The van der Waals surface area contributed by atoms with Crippen LogP contribution in [0.2, 0.25) is 0 Å². The van der Waals surface area contributed by atoms with E-state index < -0.39 is 0 Å². The second-order valence-corrected chi connectivity index (χ2v) is 5.73. The van der Waals surface area contributed by atoms with Crippen LogP contribution in [0.15, 0.2) is 30.3 Å². The topological polar surface area (TPSA) is 45.2 Å². The van der Waals surface area contributed by atoms with Crippen LogP contribution in [0, 0.1) is 6.92 Å². The summed E-state index contributed by atoms with van der Waals surface area (Å²) in [6.07, 6.45) is 2.04. The summed E-state index contributed by atoms with van der Waals surface area (Å²) in [4.78, 5) is 19.3. The van der Waals surface area contributed by atoms with E-state index in [0.717, 1.165) is 48.1 Å². The van der Waals surface area contributed by atoms with E-state index in [4.69, 9.17) is 0 Å². The highest BCUT2D eigenvalue weighted by Crippen LogP contribution is 2.21. The summed E-state index contributed by atoms with van der Waals surface area (Å²) in [5.41, 5.74) is 2.54. The highest BCUT2D eigenvalue weighted by molar-refractivity contribution is 6.06.